The molecule has 0 radical (unpaired) electrons. The number of carbonyl (C=O) groups excluding carboxylic acids is 1. The van der Waals surface area contributed by atoms with Crippen molar-refractivity contribution in [3.63, 3.8) is 0 Å². The number of carbonyl (C=O) groups is 2. The summed E-state index contributed by atoms with van der Waals surface area (Å²) >= 11 is 0. The van der Waals surface area contributed by atoms with Crippen molar-refractivity contribution < 1.29 is 19.4 Å². The van der Waals surface area contributed by atoms with Crippen LogP contribution in [0.25, 0.3) is 0 Å². The first-order valence-corrected chi connectivity index (χ1v) is 6.26. The third-order valence-electron chi connectivity index (χ3n) is 3.43. The van der Waals surface area contributed by atoms with Gasteiger partial charge in [-0.1, -0.05) is 13.3 Å². The molecule has 0 aromatic carbocycles. The molecule has 1 aliphatic heterocycles. The fourth-order valence-corrected chi connectivity index (χ4v) is 2.06. The average Bonchev–Trinajstić information content (AvgIpc) is 2.60. The Kier molecular flexibility index (Phi) is 5.10. The molecule has 3 atom stereocenters. The highest BCUT2D eigenvalue weighted by atomic mass is 16.5. The standard InChI is InChI=1S/C12H22N2O4/c1-3-4-8(5-10(15)16)14-11(17)12(2)7-18-6-9(12)13/h8-9H,3-7,13H2,1-2H3,(H,14,17)(H,15,16). The van der Waals surface area contributed by atoms with Gasteiger partial charge in [-0.3, -0.25) is 9.59 Å². The van der Waals surface area contributed by atoms with Gasteiger partial charge in [0, 0.05) is 12.1 Å². The van der Waals surface area contributed by atoms with Crippen LogP contribution in [0, 0.1) is 5.41 Å². The molecule has 1 saturated heterocycles. The monoisotopic (exact) mass is 258 g/mol. The molecule has 104 valence electrons. The molecule has 1 fully saturated rings. The van der Waals surface area contributed by atoms with Gasteiger partial charge in [-0.15, -0.1) is 0 Å². The van der Waals surface area contributed by atoms with Crippen LogP contribution in [0.2, 0.25) is 0 Å². The summed E-state index contributed by atoms with van der Waals surface area (Å²) < 4.78 is 5.21. The smallest absolute Gasteiger partial charge is 0.305 e. The molecule has 0 saturated carbocycles. The topological polar surface area (TPSA) is 102 Å². The molecule has 1 rings (SSSR count). The summed E-state index contributed by atoms with van der Waals surface area (Å²) in [6, 6.07) is -0.686. The van der Waals surface area contributed by atoms with E-state index in [1.54, 1.807) is 6.92 Å². The first kappa shape index (κ1) is 14.9. The van der Waals surface area contributed by atoms with Gasteiger partial charge in [-0.25, -0.2) is 0 Å². The van der Waals surface area contributed by atoms with E-state index in [0.717, 1.165) is 6.42 Å². The predicted molar refractivity (Wildman–Crippen MR) is 66.0 cm³/mol. The molecule has 0 aromatic heterocycles. The molecule has 6 heteroatoms. The molecule has 1 amide bonds. The van der Waals surface area contributed by atoms with E-state index in [1.807, 2.05) is 6.92 Å². The summed E-state index contributed by atoms with van der Waals surface area (Å²) in [7, 11) is 0. The summed E-state index contributed by atoms with van der Waals surface area (Å²) in [6.07, 6.45) is 1.40. The highest BCUT2D eigenvalue weighted by Gasteiger charge is 2.44. The third-order valence-corrected chi connectivity index (χ3v) is 3.43. The lowest BCUT2D eigenvalue weighted by Gasteiger charge is -2.28. The molecule has 0 bridgehead atoms. The Morgan fingerprint density at radius 1 is 1.61 bits per heavy atom. The molecule has 6 nitrogen and oxygen atoms in total. The molecule has 0 spiro atoms. The van der Waals surface area contributed by atoms with E-state index < -0.39 is 11.4 Å². The Bertz CT molecular complexity index is 321. The van der Waals surface area contributed by atoms with E-state index in [1.165, 1.54) is 0 Å². The number of aliphatic carboxylic acids is 1. The molecule has 0 aliphatic carbocycles. The number of hydrogen-bond donors (Lipinski definition) is 3. The Morgan fingerprint density at radius 2 is 2.28 bits per heavy atom. The van der Waals surface area contributed by atoms with Crippen molar-refractivity contribution in [1.82, 2.24) is 5.32 Å². The fraction of sp³-hybridized carbons (Fsp3) is 0.833. The van der Waals surface area contributed by atoms with Crippen LogP contribution in [-0.4, -0.2) is 42.3 Å². The molecule has 18 heavy (non-hydrogen) atoms. The van der Waals surface area contributed by atoms with E-state index in [9.17, 15) is 9.59 Å². The first-order valence-electron chi connectivity index (χ1n) is 6.26. The maximum absolute atomic E-state index is 12.2. The van der Waals surface area contributed by atoms with Crippen molar-refractivity contribution in [1.29, 1.82) is 0 Å². The molecule has 3 unspecified atom stereocenters. The first-order chi connectivity index (χ1) is 8.40. The number of nitrogens with one attached hydrogen (secondary N) is 1. The highest BCUT2D eigenvalue weighted by molar-refractivity contribution is 5.84. The van der Waals surface area contributed by atoms with Crippen molar-refractivity contribution in [3.8, 4) is 0 Å². The SMILES string of the molecule is CCCC(CC(=O)O)NC(=O)C1(C)COCC1N. The van der Waals surface area contributed by atoms with Crippen molar-refractivity contribution in [3.05, 3.63) is 0 Å². The van der Waals surface area contributed by atoms with Gasteiger partial charge in [-0.2, -0.15) is 0 Å². The number of nitrogens with two attached hydrogens (primary N) is 1. The number of carboxylic acids is 1. The van der Waals surface area contributed by atoms with Crippen LogP contribution in [0.15, 0.2) is 0 Å². The Labute approximate surface area is 107 Å². The van der Waals surface area contributed by atoms with Crippen LogP contribution in [0.3, 0.4) is 0 Å². The van der Waals surface area contributed by atoms with Crippen LogP contribution in [0.4, 0.5) is 0 Å². The van der Waals surface area contributed by atoms with Gasteiger partial charge in [0.1, 0.15) is 0 Å². The van der Waals surface area contributed by atoms with Gasteiger partial charge in [0.15, 0.2) is 0 Å². The van der Waals surface area contributed by atoms with E-state index in [4.69, 9.17) is 15.6 Å². The quantitative estimate of drug-likeness (QED) is 0.627. The predicted octanol–water partition coefficient (Wildman–Crippen LogP) is 0.110. The van der Waals surface area contributed by atoms with Gasteiger partial charge in [0.25, 0.3) is 0 Å². The van der Waals surface area contributed by atoms with Crippen LogP contribution in [0.5, 0.6) is 0 Å². The van der Waals surface area contributed by atoms with Gasteiger partial charge in [0.05, 0.1) is 25.0 Å². The van der Waals surface area contributed by atoms with Gasteiger partial charge < -0.3 is 20.9 Å². The zero-order valence-electron chi connectivity index (χ0n) is 10.9. The lowest BCUT2D eigenvalue weighted by molar-refractivity contribution is -0.138. The van der Waals surface area contributed by atoms with Crippen LogP contribution >= 0.6 is 0 Å². The molecule has 0 aromatic rings. The minimum Gasteiger partial charge on any atom is -0.481 e. The van der Waals surface area contributed by atoms with E-state index >= 15 is 0 Å². The molecular formula is C12H22N2O4. The lowest BCUT2D eigenvalue weighted by Crippen LogP contribution is -2.52. The Balaban J connectivity index is 2.62. The van der Waals surface area contributed by atoms with Gasteiger partial charge in [0.2, 0.25) is 5.91 Å². The van der Waals surface area contributed by atoms with E-state index in [0.29, 0.717) is 13.0 Å². The minimum atomic E-state index is -0.911. The van der Waals surface area contributed by atoms with Crippen molar-refractivity contribution in [2.45, 2.75) is 45.2 Å². The van der Waals surface area contributed by atoms with Gasteiger partial charge in [-0.05, 0) is 13.3 Å². The summed E-state index contributed by atoms with van der Waals surface area (Å²) in [6.45, 7) is 4.35. The third kappa shape index (κ3) is 3.43. The average molecular weight is 258 g/mol. The maximum Gasteiger partial charge on any atom is 0.305 e. The maximum atomic E-state index is 12.2. The number of carboxylic acid groups (broad SMARTS) is 1. The van der Waals surface area contributed by atoms with Gasteiger partial charge >= 0.3 is 5.97 Å². The number of ether oxygens (including phenoxy) is 1. The summed E-state index contributed by atoms with van der Waals surface area (Å²) in [5, 5.41) is 11.6. The largest absolute Gasteiger partial charge is 0.481 e. The number of amides is 1. The zero-order chi connectivity index (χ0) is 13.8. The summed E-state index contributed by atoms with van der Waals surface area (Å²) in [4.78, 5) is 22.9. The second kappa shape index (κ2) is 6.15. The second-order valence-corrected chi connectivity index (χ2v) is 5.10. The number of hydrogen-bond acceptors (Lipinski definition) is 4. The van der Waals surface area contributed by atoms with Crippen molar-refractivity contribution >= 4 is 11.9 Å². The zero-order valence-corrected chi connectivity index (χ0v) is 10.9. The summed E-state index contributed by atoms with van der Waals surface area (Å²) in [5.41, 5.74) is 5.10. The van der Waals surface area contributed by atoms with Crippen LogP contribution in [0.1, 0.15) is 33.1 Å². The molecule has 4 N–H and O–H groups in total. The minimum absolute atomic E-state index is 0.0637. The van der Waals surface area contributed by atoms with Crippen LogP contribution < -0.4 is 11.1 Å². The van der Waals surface area contributed by atoms with Crippen LogP contribution in [-0.2, 0) is 14.3 Å². The Morgan fingerprint density at radius 3 is 2.72 bits per heavy atom. The molecule has 1 aliphatic rings. The lowest BCUT2D eigenvalue weighted by atomic mass is 9.84. The van der Waals surface area contributed by atoms with E-state index in [2.05, 4.69) is 5.32 Å². The molecule has 1 heterocycles. The molecular weight excluding hydrogens is 236 g/mol. The number of rotatable bonds is 6. The van der Waals surface area contributed by atoms with Crippen molar-refractivity contribution in [2.75, 3.05) is 13.2 Å². The summed E-state index contributed by atoms with van der Waals surface area (Å²) in [5.74, 6) is -1.13. The Hall–Kier alpha value is -1.14. The van der Waals surface area contributed by atoms with Crippen molar-refractivity contribution in [2.24, 2.45) is 11.1 Å². The fourth-order valence-electron chi connectivity index (χ4n) is 2.06. The second-order valence-electron chi connectivity index (χ2n) is 5.10. The highest BCUT2D eigenvalue weighted by Crippen LogP contribution is 2.27. The van der Waals surface area contributed by atoms with E-state index in [-0.39, 0.29) is 31.0 Å². The normalized spacial score (nSPS) is 28.9.